The van der Waals surface area contributed by atoms with Crippen molar-refractivity contribution in [2.75, 3.05) is 37.7 Å². The third-order valence-corrected chi connectivity index (χ3v) is 4.78. The number of para-hydroxylation sites is 1. The molecule has 1 fully saturated rings. The number of hydrogen-bond acceptors (Lipinski definition) is 5. The molecule has 0 bridgehead atoms. The van der Waals surface area contributed by atoms with Crippen molar-refractivity contribution in [1.82, 2.24) is 4.90 Å². The van der Waals surface area contributed by atoms with Gasteiger partial charge in [0, 0.05) is 37.8 Å². The molecule has 2 aromatic rings. The van der Waals surface area contributed by atoms with Crippen LogP contribution in [0.15, 0.2) is 42.5 Å². The third-order valence-electron chi connectivity index (χ3n) is 4.46. The van der Waals surface area contributed by atoms with Crippen LogP contribution in [0.3, 0.4) is 0 Å². The number of nitro groups is 1. The minimum absolute atomic E-state index is 0.169. The molecule has 8 heteroatoms. The predicted molar refractivity (Wildman–Crippen MR) is 104 cm³/mol. The molecule has 142 valence electrons. The molecule has 0 aliphatic carbocycles. The van der Waals surface area contributed by atoms with Crippen LogP contribution < -0.4 is 9.64 Å². The van der Waals surface area contributed by atoms with E-state index in [-0.39, 0.29) is 22.9 Å². The molecule has 7 nitrogen and oxygen atoms in total. The summed E-state index contributed by atoms with van der Waals surface area (Å²) < 4.78 is 5.27. The summed E-state index contributed by atoms with van der Waals surface area (Å²) in [5.74, 6) is -0.0532. The van der Waals surface area contributed by atoms with Gasteiger partial charge in [-0.25, -0.2) is 0 Å². The topological polar surface area (TPSA) is 75.9 Å². The van der Waals surface area contributed by atoms with Crippen LogP contribution >= 0.6 is 11.6 Å². The van der Waals surface area contributed by atoms with Gasteiger partial charge in [-0.15, -0.1) is 0 Å². The van der Waals surface area contributed by atoms with Crippen molar-refractivity contribution in [3.8, 4) is 5.75 Å². The zero-order valence-electron chi connectivity index (χ0n) is 14.9. The number of hydrogen-bond donors (Lipinski definition) is 0. The van der Waals surface area contributed by atoms with Crippen LogP contribution in [-0.2, 0) is 0 Å². The lowest BCUT2D eigenvalue weighted by Gasteiger charge is -2.36. The lowest BCUT2D eigenvalue weighted by molar-refractivity contribution is -0.385. The van der Waals surface area contributed by atoms with E-state index >= 15 is 0 Å². The summed E-state index contributed by atoms with van der Waals surface area (Å²) in [6.07, 6.45) is 0. The molecule has 1 heterocycles. The average molecular weight is 390 g/mol. The van der Waals surface area contributed by atoms with Crippen LogP contribution in [0.5, 0.6) is 5.75 Å². The van der Waals surface area contributed by atoms with Gasteiger partial charge in [-0.2, -0.15) is 0 Å². The van der Waals surface area contributed by atoms with Gasteiger partial charge in [0.25, 0.3) is 5.91 Å². The molecular formula is C19H20ClN3O4. The monoisotopic (exact) mass is 389 g/mol. The molecule has 2 aromatic carbocycles. The highest BCUT2D eigenvalue weighted by molar-refractivity contribution is 6.33. The Bertz CT molecular complexity index is 851. The molecule has 0 aromatic heterocycles. The minimum atomic E-state index is -0.531. The van der Waals surface area contributed by atoms with Crippen molar-refractivity contribution in [1.29, 1.82) is 0 Å². The normalized spacial score (nSPS) is 14.1. The van der Waals surface area contributed by atoms with Gasteiger partial charge < -0.3 is 14.5 Å². The number of amides is 1. The highest BCUT2D eigenvalue weighted by Gasteiger charge is 2.25. The Balaban J connectivity index is 1.71. The molecule has 0 radical (unpaired) electrons. The van der Waals surface area contributed by atoms with E-state index in [9.17, 15) is 14.9 Å². The third kappa shape index (κ3) is 4.14. The van der Waals surface area contributed by atoms with Gasteiger partial charge in [0.05, 0.1) is 22.2 Å². The van der Waals surface area contributed by atoms with Crippen LogP contribution in [-0.4, -0.2) is 48.5 Å². The van der Waals surface area contributed by atoms with E-state index < -0.39 is 4.92 Å². The fourth-order valence-corrected chi connectivity index (χ4v) is 3.37. The maximum Gasteiger partial charge on any atom is 0.311 e. The molecule has 0 unspecified atom stereocenters. The van der Waals surface area contributed by atoms with E-state index in [4.69, 9.17) is 16.3 Å². The molecule has 27 heavy (non-hydrogen) atoms. The highest BCUT2D eigenvalue weighted by Crippen LogP contribution is 2.29. The van der Waals surface area contributed by atoms with E-state index in [1.165, 1.54) is 12.1 Å². The fraction of sp³-hybridized carbons (Fsp3) is 0.316. The van der Waals surface area contributed by atoms with Gasteiger partial charge in [-0.1, -0.05) is 23.7 Å². The van der Waals surface area contributed by atoms with Gasteiger partial charge in [-0.05, 0) is 31.2 Å². The number of ether oxygens (including phenoxy) is 1. The Kier molecular flexibility index (Phi) is 5.81. The quantitative estimate of drug-likeness (QED) is 0.576. The molecule has 1 amide bonds. The Morgan fingerprint density at radius 2 is 1.89 bits per heavy atom. The van der Waals surface area contributed by atoms with Gasteiger partial charge in [0.15, 0.2) is 5.75 Å². The van der Waals surface area contributed by atoms with E-state index in [0.29, 0.717) is 37.8 Å². The molecule has 1 saturated heterocycles. The summed E-state index contributed by atoms with van der Waals surface area (Å²) in [5.41, 5.74) is 1.04. The number of carbonyl (C=O) groups excluding carboxylic acids is 1. The molecule has 0 saturated carbocycles. The van der Waals surface area contributed by atoms with E-state index in [1.54, 1.807) is 17.9 Å². The second kappa shape index (κ2) is 8.26. The van der Waals surface area contributed by atoms with E-state index in [0.717, 1.165) is 5.69 Å². The fourth-order valence-electron chi connectivity index (χ4n) is 3.11. The second-order valence-electron chi connectivity index (χ2n) is 6.10. The number of nitro benzene ring substituents is 1. The number of halogens is 1. The van der Waals surface area contributed by atoms with Crippen molar-refractivity contribution in [2.24, 2.45) is 0 Å². The zero-order chi connectivity index (χ0) is 19.4. The van der Waals surface area contributed by atoms with Gasteiger partial charge in [0.1, 0.15) is 0 Å². The van der Waals surface area contributed by atoms with Gasteiger partial charge in [-0.3, -0.25) is 14.9 Å². The Morgan fingerprint density at radius 3 is 2.52 bits per heavy atom. The van der Waals surface area contributed by atoms with Crippen LogP contribution in [0, 0.1) is 10.1 Å². The summed E-state index contributed by atoms with van der Waals surface area (Å²) >= 11 is 6.24. The highest BCUT2D eigenvalue weighted by atomic mass is 35.5. The number of carbonyl (C=O) groups is 1. The number of nitrogens with zero attached hydrogens (tertiary/aromatic N) is 3. The van der Waals surface area contributed by atoms with Crippen molar-refractivity contribution in [3.63, 3.8) is 0 Å². The maximum absolute atomic E-state index is 12.8. The van der Waals surface area contributed by atoms with E-state index in [2.05, 4.69) is 4.90 Å². The Labute approximate surface area is 162 Å². The number of anilines is 1. The summed E-state index contributed by atoms with van der Waals surface area (Å²) in [4.78, 5) is 27.3. The zero-order valence-corrected chi connectivity index (χ0v) is 15.7. The van der Waals surface area contributed by atoms with Crippen LogP contribution in [0.25, 0.3) is 0 Å². The first-order chi connectivity index (χ1) is 13.0. The molecule has 1 aliphatic heterocycles. The lowest BCUT2D eigenvalue weighted by atomic mass is 10.1. The second-order valence-corrected chi connectivity index (χ2v) is 6.51. The standard InChI is InChI=1S/C19H20ClN3O4/c1-2-27-18-8-7-14(13-17(18)23(25)26)19(24)22-11-9-21(10-12-22)16-6-4-3-5-15(16)20/h3-8,13H,2,9-12H2,1H3. The Hall–Kier alpha value is -2.80. The molecular weight excluding hydrogens is 370 g/mol. The maximum atomic E-state index is 12.8. The van der Waals surface area contributed by atoms with Crippen molar-refractivity contribution >= 4 is 28.9 Å². The average Bonchev–Trinajstić information content (AvgIpc) is 2.68. The molecule has 0 N–H and O–H groups in total. The number of piperazine rings is 1. The van der Waals surface area contributed by atoms with Crippen LogP contribution in [0.1, 0.15) is 17.3 Å². The molecule has 0 atom stereocenters. The van der Waals surface area contributed by atoms with Gasteiger partial charge in [0.2, 0.25) is 0 Å². The van der Waals surface area contributed by atoms with Gasteiger partial charge >= 0.3 is 5.69 Å². The Morgan fingerprint density at radius 1 is 1.19 bits per heavy atom. The summed E-state index contributed by atoms with van der Waals surface area (Å²) in [7, 11) is 0. The largest absolute Gasteiger partial charge is 0.487 e. The summed E-state index contributed by atoms with van der Waals surface area (Å²) in [6, 6.07) is 11.9. The summed E-state index contributed by atoms with van der Waals surface area (Å²) in [5, 5.41) is 11.9. The van der Waals surface area contributed by atoms with E-state index in [1.807, 2.05) is 24.3 Å². The SMILES string of the molecule is CCOc1ccc(C(=O)N2CCN(c3ccccc3Cl)CC2)cc1[N+](=O)[O-]. The van der Waals surface area contributed by atoms with Crippen molar-refractivity contribution in [2.45, 2.75) is 6.92 Å². The van der Waals surface area contributed by atoms with Crippen LogP contribution in [0.4, 0.5) is 11.4 Å². The first-order valence-electron chi connectivity index (χ1n) is 8.71. The molecule has 3 rings (SSSR count). The predicted octanol–water partition coefficient (Wildman–Crippen LogP) is 3.61. The first-order valence-corrected chi connectivity index (χ1v) is 9.09. The van der Waals surface area contributed by atoms with Crippen molar-refractivity contribution < 1.29 is 14.5 Å². The minimum Gasteiger partial charge on any atom is -0.487 e. The first kappa shape index (κ1) is 19.0. The smallest absolute Gasteiger partial charge is 0.311 e. The number of rotatable bonds is 5. The molecule has 0 spiro atoms. The summed E-state index contributed by atoms with van der Waals surface area (Å²) in [6.45, 7) is 4.40. The number of benzene rings is 2. The van der Waals surface area contributed by atoms with Crippen molar-refractivity contribution in [3.05, 3.63) is 63.2 Å². The van der Waals surface area contributed by atoms with Crippen LogP contribution in [0.2, 0.25) is 5.02 Å². The molecule has 1 aliphatic rings. The lowest BCUT2D eigenvalue weighted by Crippen LogP contribution is -2.48.